The van der Waals surface area contributed by atoms with Gasteiger partial charge >= 0.3 is 0 Å². The summed E-state index contributed by atoms with van der Waals surface area (Å²) in [6, 6.07) is 28.1. The van der Waals surface area contributed by atoms with Gasteiger partial charge in [0.25, 0.3) is 0 Å². The van der Waals surface area contributed by atoms with Gasteiger partial charge in [-0.25, -0.2) is 0 Å². The largest absolute Gasteiger partial charge is 0.268 e. The number of benzene rings is 3. The first kappa shape index (κ1) is 30.6. The molecular formula is C42H35N3. The maximum atomic E-state index is 5.33. The Labute approximate surface area is 266 Å². The van der Waals surface area contributed by atoms with Gasteiger partial charge < -0.3 is 0 Å². The molecule has 0 unspecified atom stereocenters. The van der Waals surface area contributed by atoms with E-state index in [4.69, 9.17) is 6.42 Å². The third kappa shape index (κ3) is 7.57. The quantitative estimate of drug-likeness (QED) is 0.0935. The SMILES string of the molecule is C#C/C=C\N=CCc1cc(C(/C=C\C=C)=C/C)cc(-c2cccc(-c3cc(-c4cccnc4)cc(-c4cccnc4)c3)c2)c1C. The fourth-order valence-electron chi connectivity index (χ4n) is 5.34. The van der Waals surface area contributed by atoms with Gasteiger partial charge in [-0.15, -0.1) is 6.42 Å². The van der Waals surface area contributed by atoms with E-state index in [9.17, 15) is 0 Å². The zero-order chi connectivity index (χ0) is 31.4. The maximum absolute atomic E-state index is 5.33. The van der Waals surface area contributed by atoms with E-state index < -0.39 is 0 Å². The summed E-state index contributed by atoms with van der Waals surface area (Å²) in [4.78, 5) is 13.1. The average molecular weight is 582 g/mol. The van der Waals surface area contributed by atoms with Crippen LogP contribution in [0.2, 0.25) is 0 Å². The summed E-state index contributed by atoms with van der Waals surface area (Å²) in [7, 11) is 0. The molecule has 0 radical (unpaired) electrons. The van der Waals surface area contributed by atoms with E-state index in [0.717, 1.165) is 50.1 Å². The Balaban J connectivity index is 1.64. The van der Waals surface area contributed by atoms with E-state index in [1.807, 2.05) is 36.8 Å². The van der Waals surface area contributed by atoms with Crippen LogP contribution in [0.1, 0.15) is 23.6 Å². The van der Waals surface area contributed by atoms with Crippen LogP contribution < -0.4 is 0 Å². The lowest BCUT2D eigenvalue weighted by Crippen LogP contribution is -1.97. The minimum absolute atomic E-state index is 0.686. The molecule has 0 bridgehead atoms. The van der Waals surface area contributed by atoms with Crippen molar-refractivity contribution in [3.63, 3.8) is 0 Å². The number of hydrogen-bond acceptors (Lipinski definition) is 3. The first-order valence-corrected chi connectivity index (χ1v) is 14.9. The second-order valence-corrected chi connectivity index (χ2v) is 10.5. The molecule has 0 aliphatic heterocycles. The average Bonchev–Trinajstić information content (AvgIpc) is 3.10. The van der Waals surface area contributed by atoms with E-state index >= 15 is 0 Å². The third-order valence-electron chi connectivity index (χ3n) is 7.67. The Hall–Kier alpha value is -5.85. The Morgan fingerprint density at radius 2 is 1.44 bits per heavy atom. The van der Waals surface area contributed by atoms with Crippen LogP contribution in [0.15, 0.2) is 152 Å². The predicted molar refractivity (Wildman–Crippen MR) is 192 cm³/mol. The molecule has 0 N–H and O–H groups in total. The van der Waals surface area contributed by atoms with Crippen LogP contribution in [0.4, 0.5) is 0 Å². The van der Waals surface area contributed by atoms with Gasteiger partial charge in [0.15, 0.2) is 0 Å². The lowest BCUT2D eigenvalue weighted by Gasteiger charge is -2.16. The van der Waals surface area contributed by atoms with Crippen molar-refractivity contribution in [3.8, 4) is 56.9 Å². The molecule has 2 heterocycles. The first-order chi connectivity index (χ1) is 22.1. The third-order valence-corrected chi connectivity index (χ3v) is 7.67. The van der Waals surface area contributed by atoms with Crippen LogP contribution in [-0.2, 0) is 6.42 Å². The van der Waals surface area contributed by atoms with Gasteiger partial charge in [0.2, 0.25) is 0 Å². The second kappa shape index (κ2) is 15.0. The molecule has 0 fully saturated rings. The van der Waals surface area contributed by atoms with Crippen molar-refractivity contribution in [2.45, 2.75) is 20.3 Å². The first-order valence-electron chi connectivity index (χ1n) is 14.9. The molecule has 0 amide bonds. The smallest absolute Gasteiger partial charge is 0.0347 e. The van der Waals surface area contributed by atoms with Crippen molar-refractivity contribution in [3.05, 3.63) is 163 Å². The number of hydrogen-bond donors (Lipinski definition) is 0. The molecule has 0 spiro atoms. The predicted octanol–water partition coefficient (Wildman–Crippen LogP) is 10.4. The van der Waals surface area contributed by atoms with Crippen LogP contribution in [0, 0.1) is 19.3 Å². The van der Waals surface area contributed by atoms with E-state index in [2.05, 4.69) is 120 Å². The van der Waals surface area contributed by atoms with Crippen molar-refractivity contribution < 1.29 is 0 Å². The van der Waals surface area contributed by atoms with E-state index in [-0.39, 0.29) is 0 Å². The van der Waals surface area contributed by atoms with Crippen molar-refractivity contribution in [2.75, 3.05) is 0 Å². The number of pyridine rings is 2. The lowest BCUT2D eigenvalue weighted by molar-refractivity contribution is 1.26. The van der Waals surface area contributed by atoms with Crippen molar-refractivity contribution in [1.29, 1.82) is 0 Å². The van der Waals surface area contributed by atoms with Gasteiger partial charge in [-0.3, -0.25) is 15.0 Å². The fraction of sp³-hybridized carbons (Fsp3) is 0.0714. The van der Waals surface area contributed by atoms with Gasteiger partial charge in [-0.2, -0.15) is 0 Å². The standard InChI is InChI=1S/C42H35N3/c1-5-8-13-32(7-3)41-23-33(18-22-43-19-9-6-2)31(4)42(28-41)35-15-10-14-34(24-35)38-25-39(36-16-11-20-44-29-36)27-40(26-38)37-17-12-21-45-30-37/h2,5,7-17,19-30H,1,18H2,3-4H3/b13-8-,19-9-,32-7+,43-22?. The highest BCUT2D eigenvalue weighted by atomic mass is 14.7. The molecule has 0 atom stereocenters. The zero-order valence-corrected chi connectivity index (χ0v) is 25.7. The van der Waals surface area contributed by atoms with E-state index in [1.165, 1.54) is 16.7 Å². The Morgan fingerprint density at radius 1 is 0.822 bits per heavy atom. The molecule has 45 heavy (non-hydrogen) atoms. The van der Waals surface area contributed by atoms with E-state index in [0.29, 0.717) is 6.42 Å². The van der Waals surface area contributed by atoms with Gasteiger partial charge in [0.05, 0.1) is 0 Å². The lowest BCUT2D eigenvalue weighted by atomic mass is 9.88. The van der Waals surface area contributed by atoms with Crippen LogP contribution in [0.3, 0.4) is 0 Å². The fourth-order valence-corrected chi connectivity index (χ4v) is 5.34. The molecule has 218 valence electrons. The molecule has 3 nitrogen and oxygen atoms in total. The molecule has 0 aliphatic rings. The molecule has 0 saturated heterocycles. The summed E-state index contributed by atoms with van der Waals surface area (Å²) >= 11 is 0. The van der Waals surface area contributed by atoms with Gasteiger partial charge in [-0.1, -0.05) is 73.2 Å². The summed E-state index contributed by atoms with van der Waals surface area (Å²) < 4.78 is 0. The summed E-state index contributed by atoms with van der Waals surface area (Å²) in [6.45, 7) is 8.10. The topological polar surface area (TPSA) is 38.1 Å². The van der Waals surface area contributed by atoms with Crippen LogP contribution in [0.5, 0.6) is 0 Å². The Morgan fingerprint density at radius 3 is 2.04 bits per heavy atom. The summed E-state index contributed by atoms with van der Waals surface area (Å²) in [5, 5.41) is 0. The number of terminal acetylenes is 1. The van der Waals surface area contributed by atoms with Crippen molar-refractivity contribution in [2.24, 2.45) is 4.99 Å². The Bertz CT molecular complexity index is 1900. The zero-order valence-electron chi connectivity index (χ0n) is 25.7. The second-order valence-electron chi connectivity index (χ2n) is 10.5. The highest BCUT2D eigenvalue weighted by molar-refractivity contribution is 5.85. The molecule has 0 saturated carbocycles. The van der Waals surface area contributed by atoms with Crippen molar-refractivity contribution in [1.82, 2.24) is 9.97 Å². The van der Waals surface area contributed by atoms with Gasteiger partial charge in [0.1, 0.15) is 0 Å². The minimum atomic E-state index is 0.686. The number of aromatic nitrogens is 2. The Kier molecular flexibility index (Phi) is 10.2. The number of rotatable bonds is 10. The van der Waals surface area contributed by atoms with Crippen LogP contribution in [-0.4, -0.2) is 16.2 Å². The highest BCUT2D eigenvalue weighted by Gasteiger charge is 2.13. The highest BCUT2D eigenvalue weighted by Crippen LogP contribution is 2.36. The number of nitrogens with zero attached hydrogens (tertiary/aromatic N) is 3. The van der Waals surface area contributed by atoms with E-state index in [1.54, 1.807) is 30.7 Å². The monoisotopic (exact) mass is 581 g/mol. The van der Waals surface area contributed by atoms with Gasteiger partial charge in [0, 0.05) is 60.8 Å². The maximum Gasteiger partial charge on any atom is 0.0347 e. The van der Waals surface area contributed by atoms with Gasteiger partial charge in [-0.05, 0) is 112 Å². The molecule has 5 aromatic rings. The molecular weight excluding hydrogens is 546 g/mol. The summed E-state index contributed by atoms with van der Waals surface area (Å²) in [5.41, 5.74) is 13.6. The summed E-state index contributed by atoms with van der Waals surface area (Å²) in [5.74, 6) is 2.48. The number of aliphatic imine (C=N–C) groups is 1. The molecule has 5 rings (SSSR count). The number of allylic oxidation sites excluding steroid dienone is 6. The summed E-state index contributed by atoms with van der Waals surface area (Å²) in [6.07, 6.45) is 26.6. The molecule has 3 heteroatoms. The van der Waals surface area contributed by atoms with Crippen LogP contribution >= 0.6 is 0 Å². The molecule has 2 aromatic heterocycles. The van der Waals surface area contributed by atoms with Crippen LogP contribution in [0.25, 0.3) is 50.1 Å². The normalized spacial score (nSPS) is 11.8. The molecule has 3 aromatic carbocycles. The minimum Gasteiger partial charge on any atom is -0.268 e. The molecule has 0 aliphatic carbocycles. The van der Waals surface area contributed by atoms with Crippen molar-refractivity contribution >= 4 is 11.8 Å².